The van der Waals surface area contributed by atoms with Crippen molar-refractivity contribution in [2.75, 3.05) is 37.6 Å². The van der Waals surface area contributed by atoms with Gasteiger partial charge in [0, 0.05) is 38.4 Å². The van der Waals surface area contributed by atoms with Crippen LogP contribution in [-0.4, -0.2) is 60.6 Å². The van der Waals surface area contributed by atoms with E-state index in [9.17, 15) is 14.4 Å². The van der Waals surface area contributed by atoms with Crippen molar-refractivity contribution in [3.05, 3.63) is 65.7 Å². The molecule has 29 heavy (non-hydrogen) atoms. The minimum absolute atomic E-state index is 0.0604. The number of hydrogen-bond acceptors (Lipinski definition) is 4. The lowest BCUT2D eigenvalue weighted by molar-refractivity contribution is -0.130. The van der Waals surface area contributed by atoms with Gasteiger partial charge in [-0.2, -0.15) is 0 Å². The van der Waals surface area contributed by atoms with Gasteiger partial charge >= 0.3 is 12.0 Å². The Balaban J connectivity index is 1.37. The fraction of sp³-hybridized carbons (Fsp3) is 0.286. The van der Waals surface area contributed by atoms with Crippen molar-refractivity contribution in [2.45, 2.75) is 6.54 Å². The Morgan fingerprint density at radius 2 is 1.52 bits per heavy atom. The van der Waals surface area contributed by atoms with Crippen molar-refractivity contribution in [2.24, 2.45) is 0 Å². The molecule has 1 aliphatic rings. The third kappa shape index (κ3) is 5.71. The first-order chi connectivity index (χ1) is 14.0. The second kappa shape index (κ2) is 9.59. The van der Waals surface area contributed by atoms with Crippen molar-refractivity contribution in [3.63, 3.8) is 0 Å². The molecule has 0 saturated carbocycles. The summed E-state index contributed by atoms with van der Waals surface area (Å²) < 4.78 is 0. The third-order valence-corrected chi connectivity index (χ3v) is 4.81. The molecular formula is C21H24N4O4. The van der Waals surface area contributed by atoms with Gasteiger partial charge < -0.3 is 25.5 Å². The number of carbonyl (C=O) groups excluding carboxylic acids is 2. The van der Waals surface area contributed by atoms with E-state index < -0.39 is 12.0 Å². The highest BCUT2D eigenvalue weighted by Crippen LogP contribution is 2.15. The van der Waals surface area contributed by atoms with Crippen molar-refractivity contribution < 1.29 is 19.5 Å². The van der Waals surface area contributed by atoms with E-state index in [-0.39, 0.29) is 24.6 Å². The Hall–Kier alpha value is -3.55. The third-order valence-electron chi connectivity index (χ3n) is 4.81. The summed E-state index contributed by atoms with van der Waals surface area (Å²) in [5.41, 5.74) is 2.11. The van der Waals surface area contributed by atoms with Crippen LogP contribution in [0.15, 0.2) is 54.6 Å². The summed E-state index contributed by atoms with van der Waals surface area (Å²) in [5.74, 6) is -1.11. The predicted octanol–water partition coefficient (Wildman–Crippen LogP) is 1.53. The van der Waals surface area contributed by atoms with E-state index in [1.165, 1.54) is 12.1 Å². The molecule has 3 amide bonds. The quantitative estimate of drug-likeness (QED) is 0.687. The van der Waals surface area contributed by atoms with Crippen molar-refractivity contribution in [1.29, 1.82) is 0 Å². The number of para-hydroxylation sites is 1. The minimum atomic E-state index is -0.995. The van der Waals surface area contributed by atoms with Crippen LogP contribution in [0, 0.1) is 0 Å². The molecule has 1 aliphatic heterocycles. The summed E-state index contributed by atoms with van der Waals surface area (Å²) in [6.45, 7) is 2.94. The van der Waals surface area contributed by atoms with Crippen LogP contribution in [-0.2, 0) is 11.3 Å². The van der Waals surface area contributed by atoms with Gasteiger partial charge in [0.25, 0.3) is 0 Å². The maximum absolute atomic E-state index is 12.3. The van der Waals surface area contributed by atoms with Gasteiger partial charge in [-0.1, -0.05) is 30.3 Å². The molecule has 0 aliphatic carbocycles. The summed E-state index contributed by atoms with van der Waals surface area (Å²) in [5, 5.41) is 14.1. The van der Waals surface area contributed by atoms with Crippen LogP contribution in [0.25, 0.3) is 0 Å². The molecule has 8 heteroatoms. The molecule has 1 fully saturated rings. The molecule has 8 nitrogen and oxygen atoms in total. The van der Waals surface area contributed by atoms with Gasteiger partial charge in [0.15, 0.2) is 0 Å². The number of nitrogens with zero attached hydrogens (tertiary/aromatic N) is 2. The molecule has 0 radical (unpaired) electrons. The Morgan fingerprint density at radius 1 is 0.862 bits per heavy atom. The van der Waals surface area contributed by atoms with Crippen LogP contribution in [0.4, 0.5) is 10.5 Å². The average Bonchev–Trinajstić information content (AvgIpc) is 2.77. The van der Waals surface area contributed by atoms with Crippen molar-refractivity contribution in [3.8, 4) is 0 Å². The topological polar surface area (TPSA) is 102 Å². The number of urea groups is 1. The smallest absolute Gasteiger partial charge is 0.335 e. The highest BCUT2D eigenvalue weighted by molar-refractivity contribution is 5.87. The standard InChI is InChI=1S/C21H24N4O4/c26-19(25-12-10-24(11-13-25)18-4-2-1-3-5-18)15-23-21(29)22-14-16-6-8-17(9-7-16)20(27)28/h1-9H,10-15H2,(H,27,28)(H2,22,23,29). The van der Waals surface area contributed by atoms with E-state index in [0.717, 1.165) is 24.3 Å². The van der Waals surface area contributed by atoms with E-state index in [2.05, 4.69) is 27.7 Å². The first-order valence-electron chi connectivity index (χ1n) is 9.44. The molecule has 1 saturated heterocycles. The molecule has 0 bridgehead atoms. The van der Waals surface area contributed by atoms with Crippen molar-refractivity contribution in [1.82, 2.24) is 15.5 Å². The number of benzene rings is 2. The predicted molar refractivity (Wildman–Crippen MR) is 109 cm³/mol. The summed E-state index contributed by atoms with van der Waals surface area (Å²) in [6, 6.07) is 15.9. The number of aromatic carboxylic acids is 1. The van der Waals surface area contributed by atoms with E-state index in [1.807, 2.05) is 18.2 Å². The lowest BCUT2D eigenvalue weighted by atomic mass is 10.1. The number of anilines is 1. The highest BCUT2D eigenvalue weighted by atomic mass is 16.4. The van der Waals surface area contributed by atoms with E-state index in [0.29, 0.717) is 13.1 Å². The zero-order valence-electron chi connectivity index (χ0n) is 16.0. The SMILES string of the molecule is O=C(NCC(=O)N1CCN(c2ccccc2)CC1)NCc1ccc(C(=O)O)cc1. The molecule has 3 N–H and O–H groups in total. The number of piperazine rings is 1. The molecule has 0 spiro atoms. The molecule has 0 atom stereocenters. The van der Waals surface area contributed by atoms with E-state index in [1.54, 1.807) is 17.0 Å². The second-order valence-electron chi connectivity index (χ2n) is 6.74. The fourth-order valence-corrected chi connectivity index (χ4v) is 3.13. The second-order valence-corrected chi connectivity index (χ2v) is 6.74. The average molecular weight is 396 g/mol. The van der Waals surface area contributed by atoms with Crippen LogP contribution in [0.1, 0.15) is 15.9 Å². The van der Waals surface area contributed by atoms with Crippen LogP contribution in [0.3, 0.4) is 0 Å². The number of carbonyl (C=O) groups is 3. The Bertz CT molecular complexity index is 847. The van der Waals surface area contributed by atoms with Crippen LogP contribution >= 0.6 is 0 Å². The summed E-state index contributed by atoms with van der Waals surface area (Å²) in [6.07, 6.45) is 0. The largest absolute Gasteiger partial charge is 0.478 e. The fourth-order valence-electron chi connectivity index (χ4n) is 3.13. The first kappa shape index (κ1) is 20.2. The molecule has 152 valence electrons. The Morgan fingerprint density at radius 3 is 2.14 bits per heavy atom. The van der Waals surface area contributed by atoms with Gasteiger partial charge in [-0.25, -0.2) is 9.59 Å². The summed E-state index contributed by atoms with van der Waals surface area (Å²) in [7, 11) is 0. The molecule has 0 aromatic heterocycles. The van der Waals surface area contributed by atoms with Crippen LogP contribution in [0.5, 0.6) is 0 Å². The van der Waals surface area contributed by atoms with Gasteiger partial charge in [-0.15, -0.1) is 0 Å². The lowest BCUT2D eigenvalue weighted by Crippen LogP contribution is -2.52. The number of carboxylic acids is 1. The number of rotatable bonds is 6. The maximum atomic E-state index is 12.3. The summed E-state index contributed by atoms with van der Waals surface area (Å²) >= 11 is 0. The van der Waals surface area contributed by atoms with Crippen LogP contribution < -0.4 is 15.5 Å². The van der Waals surface area contributed by atoms with Gasteiger partial charge in [-0.05, 0) is 29.8 Å². The zero-order valence-corrected chi connectivity index (χ0v) is 16.0. The number of hydrogen-bond donors (Lipinski definition) is 3. The minimum Gasteiger partial charge on any atom is -0.478 e. The maximum Gasteiger partial charge on any atom is 0.335 e. The number of amides is 3. The molecule has 2 aromatic carbocycles. The highest BCUT2D eigenvalue weighted by Gasteiger charge is 2.21. The van der Waals surface area contributed by atoms with Gasteiger partial charge in [-0.3, -0.25) is 4.79 Å². The van der Waals surface area contributed by atoms with Crippen molar-refractivity contribution >= 4 is 23.6 Å². The monoisotopic (exact) mass is 396 g/mol. The van der Waals surface area contributed by atoms with E-state index >= 15 is 0 Å². The molecule has 0 unspecified atom stereocenters. The normalized spacial score (nSPS) is 13.7. The molecular weight excluding hydrogens is 372 g/mol. The van der Waals surface area contributed by atoms with Gasteiger partial charge in [0.2, 0.25) is 5.91 Å². The molecule has 2 aromatic rings. The molecule has 3 rings (SSSR count). The van der Waals surface area contributed by atoms with Gasteiger partial charge in [0.05, 0.1) is 12.1 Å². The molecule has 1 heterocycles. The lowest BCUT2D eigenvalue weighted by Gasteiger charge is -2.36. The summed E-state index contributed by atoms with van der Waals surface area (Å²) in [4.78, 5) is 39.1. The first-order valence-corrected chi connectivity index (χ1v) is 9.44. The van der Waals surface area contributed by atoms with E-state index in [4.69, 9.17) is 5.11 Å². The number of carboxylic acid groups (broad SMARTS) is 1. The number of nitrogens with one attached hydrogen (secondary N) is 2. The zero-order chi connectivity index (χ0) is 20.6. The van der Waals surface area contributed by atoms with Crippen LogP contribution in [0.2, 0.25) is 0 Å². The Labute approximate surface area is 169 Å². The Kier molecular flexibility index (Phi) is 6.67. The van der Waals surface area contributed by atoms with Gasteiger partial charge in [0.1, 0.15) is 0 Å².